The number of hydrogen-bond acceptors (Lipinski definition) is 4. The largest absolute Gasteiger partial charge is 0.480 e. The second kappa shape index (κ2) is 5.68. The number of aromatic amines is 1. The molecule has 20 heavy (non-hydrogen) atoms. The van der Waals surface area contributed by atoms with Crippen LogP contribution >= 0.6 is 0 Å². The molecule has 1 aromatic heterocycles. The van der Waals surface area contributed by atoms with Gasteiger partial charge in [-0.15, -0.1) is 0 Å². The average Bonchev–Trinajstić information content (AvgIpc) is 2.90. The number of benzene rings is 1. The van der Waals surface area contributed by atoms with Crippen LogP contribution in [0.15, 0.2) is 18.2 Å². The Kier molecular flexibility index (Phi) is 3.97. The van der Waals surface area contributed by atoms with Gasteiger partial charge in [-0.05, 0) is 24.1 Å². The first-order valence-corrected chi connectivity index (χ1v) is 6.37. The minimum atomic E-state index is -1.03. The molecule has 0 saturated carbocycles. The van der Waals surface area contributed by atoms with Crippen molar-refractivity contribution in [1.82, 2.24) is 20.7 Å². The van der Waals surface area contributed by atoms with Crippen molar-refractivity contribution in [2.75, 3.05) is 0 Å². The number of aromatic nitrogens is 3. The first kappa shape index (κ1) is 14.0. The van der Waals surface area contributed by atoms with E-state index in [9.17, 15) is 9.59 Å². The summed E-state index contributed by atoms with van der Waals surface area (Å²) in [5, 5.41) is 22.0. The lowest BCUT2D eigenvalue weighted by Crippen LogP contribution is -2.45. The summed E-state index contributed by atoms with van der Waals surface area (Å²) in [4.78, 5) is 23.3. The average molecular weight is 276 g/mol. The molecule has 1 aromatic carbocycles. The van der Waals surface area contributed by atoms with Crippen LogP contribution in [0.3, 0.4) is 0 Å². The molecule has 0 radical (unpaired) electrons. The molecule has 2 aromatic rings. The molecular weight excluding hydrogens is 260 g/mol. The van der Waals surface area contributed by atoms with E-state index in [4.69, 9.17) is 5.11 Å². The molecule has 0 aliphatic carbocycles. The zero-order valence-corrected chi connectivity index (χ0v) is 11.3. The Morgan fingerprint density at radius 1 is 1.35 bits per heavy atom. The minimum absolute atomic E-state index is 0.146. The van der Waals surface area contributed by atoms with Crippen molar-refractivity contribution in [2.45, 2.75) is 26.3 Å². The van der Waals surface area contributed by atoms with E-state index in [0.29, 0.717) is 23.0 Å². The van der Waals surface area contributed by atoms with E-state index in [1.165, 1.54) is 0 Å². The van der Waals surface area contributed by atoms with Crippen molar-refractivity contribution in [3.8, 4) is 0 Å². The molecule has 0 aliphatic rings. The fourth-order valence-electron chi connectivity index (χ4n) is 1.89. The number of carboxylic acid groups (broad SMARTS) is 1. The van der Waals surface area contributed by atoms with E-state index in [-0.39, 0.29) is 5.92 Å². The maximum absolute atomic E-state index is 12.1. The highest BCUT2D eigenvalue weighted by Gasteiger charge is 2.25. The third-order valence-electron chi connectivity index (χ3n) is 3.34. The first-order valence-electron chi connectivity index (χ1n) is 6.37. The second-order valence-corrected chi connectivity index (χ2v) is 4.70. The Balaban J connectivity index is 2.19. The van der Waals surface area contributed by atoms with Gasteiger partial charge in [-0.2, -0.15) is 15.4 Å². The summed E-state index contributed by atoms with van der Waals surface area (Å²) < 4.78 is 0. The number of rotatable bonds is 5. The van der Waals surface area contributed by atoms with Crippen LogP contribution in [-0.4, -0.2) is 38.4 Å². The molecule has 0 spiro atoms. The number of H-pyrrole nitrogens is 1. The van der Waals surface area contributed by atoms with E-state index in [0.717, 1.165) is 0 Å². The van der Waals surface area contributed by atoms with Gasteiger partial charge in [0.2, 0.25) is 0 Å². The Hall–Kier alpha value is -2.44. The molecule has 1 heterocycles. The van der Waals surface area contributed by atoms with Crippen molar-refractivity contribution in [2.24, 2.45) is 5.92 Å². The lowest BCUT2D eigenvalue weighted by molar-refractivity contribution is -0.140. The second-order valence-electron chi connectivity index (χ2n) is 4.70. The van der Waals surface area contributed by atoms with Crippen molar-refractivity contribution >= 4 is 22.9 Å². The molecule has 2 atom stereocenters. The van der Waals surface area contributed by atoms with Crippen LogP contribution in [0.2, 0.25) is 0 Å². The first-order chi connectivity index (χ1) is 9.52. The Labute approximate surface area is 115 Å². The van der Waals surface area contributed by atoms with E-state index >= 15 is 0 Å². The van der Waals surface area contributed by atoms with Crippen LogP contribution < -0.4 is 5.32 Å². The van der Waals surface area contributed by atoms with Gasteiger partial charge in [0.15, 0.2) is 0 Å². The predicted molar refractivity (Wildman–Crippen MR) is 72.2 cm³/mol. The van der Waals surface area contributed by atoms with Crippen molar-refractivity contribution in [3.63, 3.8) is 0 Å². The molecule has 7 heteroatoms. The summed E-state index contributed by atoms with van der Waals surface area (Å²) >= 11 is 0. The van der Waals surface area contributed by atoms with Gasteiger partial charge in [-0.3, -0.25) is 4.79 Å². The van der Waals surface area contributed by atoms with Crippen LogP contribution in [0.1, 0.15) is 30.6 Å². The molecule has 0 aliphatic heterocycles. The fourth-order valence-corrected chi connectivity index (χ4v) is 1.89. The zero-order chi connectivity index (χ0) is 14.7. The summed E-state index contributed by atoms with van der Waals surface area (Å²) in [6, 6.07) is 3.92. The van der Waals surface area contributed by atoms with E-state index in [2.05, 4.69) is 20.7 Å². The molecule has 7 nitrogen and oxygen atoms in total. The monoisotopic (exact) mass is 276 g/mol. The predicted octanol–water partition coefficient (Wildman–Crippen LogP) is 1.19. The van der Waals surface area contributed by atoms with E-state index in [1.54, 1.807) is 25.1 Å². The Bertz CT molecular complexity index is 637. The number of aliphatic carboxylic acids is 1. The van der Waals surface area contributed by atoms with Crippen molar-refractivity contribution in [1.29, 1.82) is 0 Å². The molecule has 0 bridgehead atoms. The lowest BCUT2D eigenvalue weighted by Gasteiger charge is -2.20. The van der Waals surface area contributed by atoms with Crippen molar-refractivity contribution < 1.29 is 14.7 Å². The number of carbonyl (C=O) groups excluding carboxylic acids is 1. The number of carboxylic acids is 1. The third kappa shape index (κ3) is 2.76. The van der Waals surface area contributed by atoms with Crippen LogP contribution in [-0.2, 0) is 4.79 Å². The van der Waals surface area contributed by atoms with Crippen LogP contribution in [0.4, 0.5) is 0 Å². The summed E-state index contributed by atoms with van der Waals surface area (Å²) in [6.45, 7) is 3.67. The molecule has 106 valence electrons. The summed E-state index contributed by atoms with van der Waals surface area (Å²) in [5.74, 6) is -1.61. The smallest absolute Gasteiger partial charge is 0.326 e. The van der Waals surface area contributed by atoms with Gasteiger partial charge in [0, 0.05) is 5.56 Å². The van der Waals surface area contributed by atoms with Crippen molar-refractivity contribution in [3.05, 3.63) is 23.8 Å². The quantitative estimate of drug-likeness (QED) is 0.760. The van der Waals surface area contributed by atoms with Gasteiger partial charge < -0.3 is 10.4 Å². The lowest BCUT2D eigenvalue weighted by atomic mass is 9.99. The number of amides is 1. The maximum atomic E-state index is 12.1. The normalized spacial score (nSPS) is 13.9. The van der Waals surface area contributed by atoms with Gasteiger partial charge in [0.1, 0.15) is 17.1 Å². The summed E-state index contributed by atoms with van der Waals surface area (Å²) in [5.41, 5.74) is 1.58. The van der Waals surface area contributed by atoms with Gasteiger partial charge in [-0.25, -0.2) is 4.79 Å². The molecule has 1 amide bonds. The van der Waals surface area contributed by atoms with E-state index < -0.39 is 17.9 Å². The number of hydrogen-bond donors (Lipinski definition) is 3. The highest BCUT2D eigenvalue weighted by molar-refractivity contribution is 5.99. The summed E-state index contributed by atoms with van der Waals surface area (Å²) in [7, 11) is 0. The number of nitrogens with one attached hydrogen (secondary N) is 2. The van der Waals surface area contributed by atoms with Gasteiger partial charge in [-0.1, -0.05) is 20.3 Å². The van der Waals surface area contributed by atoms with Crippen LogP contribution in [0.25, 0.3) is 11.0 Å². The zero-order valence-electron chi connectivity index (χ0n) is 11.3. The molecule has 0 fully saturated rings. The SMILES string of the molecule is CCC(C)[C@H](NC(=O)c1ccc2n[nH]nc2c1)C(=O)O. The molecule has 0 saturated heterocycles. The molecule has 1 unspecified atom stereocenters. The summed E-state index contributed by atoms with van der Waals surface area (Å²) in [6.07, 6.45) is 0.666. The maximum Gasteiger partial charge on any atom is 0.326 e. The fraction of sp³-hybridized carbons (Fsp3) is 0.385. The van der Waals surface area contributed by atoms with E-state index in [1.807, 2.05) is 6.92 Å². The molecule has 2 rings (SSSR count). The highest BCUT2D eigenvalue weighted by atomic mass is 16.4. The topological polar surface area (TPSA) is 108 Å². The Morgan fingerprint density at radius 2 is 2.05 bits per heavy atom. The Morgan fingerprint density at radius 3 is 2.70 bits per heavy atom. The number of nitrogens with zero attached hydrogens (tertiary/aromatic N) is 2. The third-order valence-corrected chi connectivity index (χ3v) is 3.34. The number of carbonyl (C=O) groups is 2. The van der Waals surface area contributed by atoms with Gasteiger partial charge >= 0.3 is 5.97 Å². The highest BCUT2D eigenvalue weighted by Crippen LogP contribution is 2.13. The number of fused-ring (bicyclic) bond motifs is 1. The standard InChI is InChI=1S/C13H16N4O3/c1-3-7(2)11(13(19)20)14-12(18)8-4-5-9-10(6-8)16-17-15-9/h4-7,11H,3H2,1-2H3,(H,14,18)(H,19,20)(H,15,16,17)/t7?,11-/m0/s1. The molecule has 3 N–H and O–H groups in total. The van der Waals surface area contributed by atoms with Gasteiger partial charge in [0.05, 0.1) is 0 Å². The molecular formula is C13H16N4O3. The van der Waals surface area contributed by atoms with Crippen LogP contribution in [0.5, 0.6) is 0 Å². The minimum Gasteiger partial charge on any atom is -0.480 e. The van der Waals surface area contributed by atoms with Crippen LogP contribution in [0, 0.1) is 5.92 Å². The van der Waals surface area contributed by atoms with Gasteiger partial charge in [0.25, 0.3) is 5.91 Å².